The molecule has 0 spiro atoms. The monoisotopic (exact) mass is 372 g/mol. The van der Waals surface area contributed by atoms with Gasteiger partial charge in [-0.25, -0.2) is 9.18 Å². The first-order valence-electron chi connectivity index (χ1n) is 9.42. The van der Waals surface area contributed by atoms with E-state index in [-0.39, 0.29) is 24.5 Å². The van der Waals surface area contributed by atoms with E-state index in [1.165, 1.54) is 23.3 Å². The molecule has 2 aromatic rings. The number of aryl methyl sites for hydroxylation is 2. The van der Waals surface area contributed by atoms with Crippen LogP contribution in [0, 0.1) is 19.7 Å². The van der Waals surface area contributed by atoms with Gasteiger partial charge >= 0.3 is 6.03 Å². The summed E-state index contributed by atoms with van der Waals surface area (Å²) >= 11 is 0. The molecule has 0 aliphatic heterocycles. The molecular weight excluding hydrogens is 343 g/mol. The highest BCUT2D eigenvalue weighted by Crippen LogP contribution is 2.20. The second-order valence-corrected chi connectivity index (χ2v) is 6.88. The molecule has 0 unspecified atom stereocenters. The van der Waals surface area contributed by atoms with E-state index >= 15 is 0 Å². The number of benzene rings is 2. The van der Waals surface area contributed by atoms with Crippen molar-refractivity contribution >= 4 is 6.03 Å². The molecule has 0 fully saturated rings. The molecule has 2 rings (SSSR count). The SMILES string of the molecule is CC[C@@H](NC(=O)N(CCCO)Cc1ccc(F)cc1)c1ccc(C)c(C)c1. The molecule has 0 heterocycles. The number of aliphatic hydroxyl groups excluding tert-OH is 1. The third kappa shape index (κ3) is 6.07. The van der Waals surface area contributed by atoms with Crippen LogP contribution in [0.15, 0.2) is 42.5 Å². The van der Waals surface area contributed by atoms with E-state index in [1.807, 2.05) is 6.92 Å². The van der Waals surface area contributed by atoms with Gasteiger partial charge < -0.3 is 15.3 Å². The molecule has 2 aromatic carbocycles. The third-order valence-corrected chi connectivity index (χ3v) is 4.80. The van der Waals surface area contributed by atoms with Gasteiger partial charge in [0, 0.05) is 19.7 Å². The predicted octanol–water partition coefficient (Wildman–Crippen LogP) is 4.49. The molecule has 146 valence electrons. The van der Waals surface area contributed by atoms with Gasteiger partial charge in [0.15, 0.2) is 0 Å². The van der Waals surface area contributed by atoms with Crippen molar-refractivity contribution in [3.05, 3.63) is 70.5 Å². The average molecular weight is 372 g/mol. The number of urea groups is 1. The Morgan fingerprint density at radius 3 is 2.44 bits per heavy atom. The molecule has 1 atom stereocenters. The van der Waals surface area contributed by atoms with Crippen LogP contribution < -0.4 is 5.32 Å². The molecule has 0 saturated carbocycles. The zero-order valence-electron chi connectivity index (χ0n) is 16.3. The maximum atomic E-state index is 13.1. The molecule has 0 saturated heterocycles. The Hall–Kier alpha value is -2.40. The first kappa shape index (κ1) is 20.9. The van der Waals surface area contributed by atoms with Crippen molar-refractivity contribution in [1.82, 2.24) is 10.2 Å². The number of nitrogens with zero attached hydrogens (tertiary/aromatic N) is 1. The summed E-state index contributed by atoms with van der Waals surface area (Å²) in [6.45, 7) is 6.99. The number of nitrogens with one attached hydrogen (secondary N) is 1. The Morgan fingerprint density at radius 1 is 1.15 bits per heavy atom. The lowest BCUT2D eigenvalue weighted by Gasteiger charge is -2.27. The standard InChI is InChI=1S/C22H29FN2O2/c1-4-21(19-9-6-16(2)17(3)14-19)24-22(27)25(12-5-13-26)15-18-7-10-20(23)11-8-18/h6-11,14,21,26H,4-5,12-13,15H2,1-3H3,(H,24,27)/t21-/m1/s1. The third-order valence-electron chi connectivity index (χ3n) is 4.80. The van der Waals surface area contributed by atoms with E-state index in [1.54, 1.807) is 17.0 Å². The Balaban J connectivity index is 2.12. The number of amides is 2. The van der Waals surface area contributed by atoms with E-state index in [9.17, 15) is 9.18 Å². The minimum Gasteiger partial charge on any atom is -0.396 e. The fraction of sp³-hybridized carbons (Fsp3) is 0.409. The summed E-state index contributed by atoms with van der Waals surface area (Å²) in [6.07, 6.45) is 1.27. The normalized spacial score (nSPS) is 11.9. The minimum atomic E-state index is -0.300. The van der Waals surface area contributed by atoms with E-state index in [2.05, 4.69) is 37.4 Å². The maximum absolute atomic E-state index is 13.1. The van der Waals surface area contributed by atoms with Gasteiger partial charge in [-0.2, -0.15) is 0 Å². The quantitative estimate of drug-likeness (QED) is 0.717. The van der Waals surface area contributed by atoms with Crippen molar-refractivity contribution in [3.8, 4) is 0 Å². The minimum absolute atomic E-state index is 0.0154. The summed E-state index contributed by atoms with van der Waals surface area (Å²) in [5, 5.41) is 12.3. The molecule has 0 aliphatic carbocycles. The molecule has 0 bridgehead atoms. The van der Waals surface area contributed by atoms with Crippen molar-refractivity contribution in [2.75, 3.05) is 13.2 Å². The molecule has 2 amide bonds. The van der Waals surface area contributed by atoms with Crippen molar-refractivity contribution in [3.63, 3.8) is 0 Å². The molecule has 2 N–H and O–H groups in total. The summed E-state index contributed by atoms with van der Waals surface area (Å²) in [4.78, 5) is 14.5. The van der Waals surface area contributed by atoms with Gasteiger partial charge in [-0.05, 0) is 61.1 Å². The highest BCUT2D eigenvalue weighted by molar-refractivity contribution is 5.74. The highest BCUT2D eigenvalue weighted by Gasteiger charge is 2.19. The lowest BCUT2D eigenvalue weighted by molar-refractivity contribution is 0.182. The van der Waals surface area contributed by atoms with Gasteiger partial charge in [-0.1, -0.05) is 37.3 Å². The van der Waals surface area contributed by atoms with E-state index in [4.69, 9.17) is 5.11 Å². The zero-order chi connectivity index (χ0) is 19.8. The second kappa shape index (κ2) is 10.1. The van der Waals surface area contributed by atoms with Crippen LogP contribution >= 0.6 is 0 Å². The van der Waals surface area contributed by atoms with Crippen LogP contribution in [-0.4, -0.2) is 29.2 Å². The van der Waals surface area contributed by atoms with Crippen LogP contribution in [0.4, 0.5) is 9.18 Å². The zero-order valence-corrected chi connectivity index (χ0v) is 16.3. The van der Waals surface area contributed by atoms with Crippen LogP contribution in [0.5, 0.6) is 0 Å². The van der Waals surface area contributed by atoms with Crippen LogP contribution in [0.2, 0.25) is 0 Å². The van der Waals surface area contributed by atoms with Gasteiger partial charge in [-0.15, -0.1) is 0 Å². The van der Waals surface area contributed by atoms with Crippen molar-refractivity contribution in [2.45, 2.75) is 46.2 Å². The summed E-state index contributed by atoms with van der Waals surface area (Å²) in [5.74, 6) is -0.300. The number of rotatable bonds is 8. The lowest BCUT2D eigenvalue weighted by Crippen LogP contribution is -2.42. The van der Waals surface area contributed by atoms with Gasteiger partial charge in [0.1, 0.15) is 5.82 Å². The Labute approximate surface area is 161 Å². The Morgan fingerprint density at radius 2 is 1.85 bits per heavy atom. The van der Waals surface area contributed by atoms with Gasteiger partial charge in [0.2, 0.25) is 0 Å². The van der Waals surface area contributed by atoms with E-state index < -0.39 is 0 Å². The molecule has 0 radical (unpaired) electrons. The molecule has 27 heavy (non-hydrogen) atoms. The van der Waals surface area contributed by atoms with Crippen LogP contribution in [-0.2, 0) is 6.54 Å². The first-order valence-corrected chi connectivity index (χ1v) is 9.42. The Kier molecular flexibility index (Phi) is 7.80. The summed E-state index contributed by atoms with van der Waals surface area (Å²) in [5.41, 5.74) is 4.35. The van der Waals surface area contributed by atoms with E-state index in [0.717, 1.165) is 17.5 Å². The van der Waals surface area contributed by atoms with Gasteiger partial charge in [0.05, 0.1) is 6.04 Å². The first-order chi connectivity index (χ1) is 12.9. The fourth-order valence-corrected chi connectivity index (χ4v) is 2.97. The Bertz CT molecular complexity index is 746. The molecule has 0 aliphatic rings. The number of halogens is 1. The number of hydrogen-bond donors (Lipinski definition) is 2. The number of carbonyl (C=O) groups excluding carboxylic acids is 1. The number of carbonyl (C=O) groups is 1. The van der Waals surface area contributed by atoms with Crippen LogP contribution in [0.25, 0.3) is 0 Å². The molecular formula is C22H29FN2O2. The number of aliphatic hydroxyl groups is 1. The number of hydrogen-bond acceptors (Lipinski definition) is 2. The van der Waals surface area contributed by atoms with Crippen LogP contribution in [0.3, 0.4) is 0 Å². The second-order valence-electron chi connectivity index (χ2n) is 6.88. The summed E-state index contributed by atoms with van der Waals surface area (Å²) < 4.78 is 13.1. The molecule has 4 nitrogen and oxygen atoms in total. The average Bonchev–Trinajstić information content (AvgIpc) is 2.66. The van der Waals surface area contributed by atoms with Crippen molar-refractivity contribution < 1.29 is 14.3 Å². The van der Waals surface area contributed by atoms with Crippen molar-refractivity contribution in [1.29, 1.82) is 0 Å². The smallest absolute Gasteiger partial charge is 0.318 e. The fourth-order valence-electron chi connectivity index (χ4n) is 2.97. The molecule has 0 aromatic heterocycles. The molecule has 5 heteroatoms. The van der Waals surface area contributed by atoms with Gasteiger partial charge in [-0.3, -0.25) is 0 Å². The lowest BCUT2D eigenvalue weighted by atomic mass is 9.99. The van der Waals surface area contributed by atoms with E-state index in [0.29, 0.717) is 19.5 Å². The summed E-state index contributed by atoms with van der Waals surface area (Å²) in [6, 6.07) is 12.1. The predicted molar refractivity (Wildman–Crippen MR) is 106 cm³/mol. The highest BCUT2D eigenvalue weighted by atomic mass is 19.1. The van der Waals surface area contributed by atoms with Crippen molar-refractivity contribution in [2.24, 2.45) is 0 Å². The van der Waals surface area contributed by atoms with Gasteiger partial charge in [0.25, 0.3) is 0 Å². The topological polar surface area (TPSA) is 52.6 Å². The summed E-state index contributed by atoms with van der Waals surface area (Å²) in [7, 11) is 0. The van der Waals surface area contributed by atoms with Crippen LogP contribution in [0.1, 0.15) is 48.1 Å². The maximum Gasteiger partial charge on any atom is 0.318 e. The largest absolute Gasteiger partial charge is 0.396 e.